The molecule has 2 saturated heterocycles. The molecule has 4 amide bonds. The zero-order valence-corrected chi connectivity index (χ0v) is 33.6. The van der Waals surface area contributed by atoms with Gasteiger partial charge in [0.25, 0.3) is 11.8 Å². The van der Waals surface area contributed by atoms with Gasteiger partial charge in [-0.3, -0.25) is 23.9 Å². The largest absolute Gasteiger partial charge is 0.341 e. The Morgan fingerprint density at radius 1 is 0.684 bits per heavy atom. The van der Waals surface area contributed by atoms with Crippen LogP contribution in [0.5, 0.6) is 0 Å². The second kappa shape index (κ2) is 14.4. The third kappa shape index (κ3) is 7.36. The van der Waals surface area contributed by atoms with Crippen molar-refractivity contribution in [2.75, 3.05) is 26.2 Å². The standard InChI is InChI=1S/C42H45Cl2N9O4/c1-25(39(56)50-17-13-41(9-10-41)14-18-50)46-37(54)27-4-8-34(45-21-27)53-24-31-32(43)6-3-28(35(31)49-53)22-52-23-30-29(5-7-33(44)36(30)48-52)38(55)47-26(2)40(57)51-19-15-42(11-12-42)16-20-51/h3-8,21,23-26H,9-20,22H2,1-2H3,(H,46,54)(H,47,55)/t25-,26-/m1/s1. The summed E-state index contributed by atoms with van der Waals surface area (Å²) in [5.41, 5.74) is 3.54. The van der Waals surface area contributed by atoms with E-state index >= 15 is 0 Å². The van der Waals surface area contributed by atoms with E-state index < -0.39 is 12.1 Å². The van der Waals surface area contributed by atoms with Crippen LogP contribution >= 0.6 is 23.2 Å². The monoisotopic (exact) mass is 809 g/mol. The molecule has 13 nitrogen and oxygen atoms in total. The summed E-state index contributed by atoms with van der Waals surface area (Å²) in [5, 5.41) is 17.5. The van der Waals surface area contributed by atoms with Gasteiger partial charge in [0.2, 0.25) is 11.8 Å². The molecule has 2 spiro atoms. The van der Waals surface area contributed by atoms with Crippen LogP contribution in [0.4, 0.5) is 0 Å². The van der Waals surface area contributed by atoms with Gasteiger partial charge in [-0.2, -0.15) is 10.2 Å². The molecule has 5 heterocycles. The number of aromatic nitrogens is 5. The zero-order chi connectivity index (χ0) is 39.6. The van der Waals surface area contributed by atoms with E-state index in [1.54, 1.807) is 65.9 Å². The van der Waals surface area contributed by atoms with Gasteiger partial charge in [-0.15, -0.1) is 0 Å². The molecule has 296 valence electrons. The van der Waals surface area contributed by atoms with Gasteiger partial charge in [0, 0.05) is 61.1 Å². The van der Waals surface area contributed by atoms with Crippen molar-refractivity contribution in [2.45, 2.75) is 83.8 Å². The SMILES string of the molecule is C[C@@H](NC(=O)c1ccc(-n2cc3c(Cl)ccc(Cn4cc5c(C(=O)N[C@H](C)C(=O)N6CCC7(CC6)CC7)ccc(Cl)c5n4)c3n2)nc1)C(=O)N1CCC2(CC1)CC2. The molecule has 2 aliphatic carbocycles. The van der Waals surface area contributed by atoms with Crippen LogP contribution in [0.2, 0.25) is 10.0 Å². The maximum Gasteiger partial charge on any atom is 0.253 e. The van der Waals surface area contributed by atoms with Crippen LogP contribution in [-0.4, -0.2) is 96.2 Å². The van der Waals surface area contributed by atoms with Crippen molar-refractivity contribution in [2.24, 2.45) is 10.8 Å². The van der Waals surface area contributed by atoms with E-state index in [0.29, 0.717) is 66.2 Å². The van der Waals surface area contributed by atoms with E-state index in [2.05, 4.69) is 15.6 Å². The lowest BCUT2D eigenvalue weighted by Gasteiger charge is -2.33. The van der Waals surface area contributed by atoms with Crippen LogP contribution < -0.4 is 10.6 Å². The minimum absolute atomic E-state index is 0.0616. The quantitative estimate of drug-likeness (QED) is 0.181. The fourth-order valence-corrected chi connectivity index (χ4v) is 8.99. The lowest BCUT2D eigenvalue weighted by atomic mass is 9.93. The summed E-state index contributed by atoms with van der Waals surface area (Å²) >= 11 is 13.2. The number of piperidine rings is 2. The first-order chi connectivity index (χ1) is 27.4. The van der Waals surface area contributed by atoms with Gasteiger partial charge in [-0.05, 0) is 106 Å². The molecule has 5 aromatic rings. The highest BCUT2D eigenvalue weighted by Crippen LogP contribution is 2.54. The van der Waals surface area contributed by atoms with Crippen LogP contribution in [0.3, 0.4) is 0 Å². The molecule has 4 fully saturated rings. The molecule has 0 bridgehead atoms. The van der Waals surface area contributed by atoms with Crippen LogP contribution in [0.15, 0.2) is 55.0 Å². The number of nitrogens with one attached hydrogen (secondary N) is 2. The molecule has 3 aromatic heterocycles. The summed E-state index contributed by atoms with van der Waals surface area (Å²) in [6.45, 7) is 6.70. The number of hydrogen-bond donors (Lipinski definition) is 2. The molecule has 0 radical (unpaired) electrons. The van der Waals surface area contributed by atoms with Gasteiger partial charge in [-0.25, -0.2) is 9.67 Å². The lowest BCUT2D eigenvalue weighted by molar-refractivity contribution is -0.135. The molecule has 4 aliphatic rings. The van der Waals surface area contributed by atoms with Crippen molar-refractivity contribution < 1.29 is 19.2 Å². The van der Waals surface area contributed by atoms with Gasteiger partial charge in [0.05, 0.1) is 33.2 Å². The third-order valence-corrected chi connectivity index (χ3v) is 13.5. The number of carbonyl (C=O) groups excluding carboxylic acids is 4. The Labute approximate surface area is 340 Å². The first-order valence-corrected chi connectivity index (χ1v) is 20.6. The van der Waals surface area contributed by atoms with Crippen LogP contribution in [0, 0.1) is 10.8 Å². The minimum Gasteiger partial charge on any atom is -0.341 e. The second-order valence-corrected chi connectivity index (χ2v) is 17.5. The fourth-order valence-electron chi connectivity index (χ4n) is 8.58. The molecular weight excluding hydrogens is 765 g/mol. The summed E-state index contributed by atoms with van der Waals surface area (Å²) in [6, 6.07) is 9.00. The van der Waals surface area contributed by atoms with Crippen molar-refractivity contribution in [3.63, 3.8) is 0 Å². The van der Waals surface area contributed by atoms with E-state index in [-0.39, 0.29) is 23.6 Å². The third-order valence-electron chi connectivity index (χ3n) is 12.8. The molecule has 9 rings (SSSR count). The Morgan fingerprint density at radius 3 is 1.86 bits per heavy atom. The Balaban J connectivity index is 0.880. The first-order valence-electron chi connectivity index (χ1n) is 19.9. The predicted octanol–water partition coefficient (Wildman–Crippen LogP) is 6.17. The van der Waals surface area contributed by atoms with Crippen LogP contribution in [-0.2, 0) is 16.1 Å². The number of hydrogen-bond acceptors (Lipinski definition) is 7. The van der Waals surface area contributed by atoms with Gasteiger partial charge in [0.15, 0.2) is 5.82 Å². The first kappa shape index (κ1) is 37.6. The van der Waals surface area contributed by atoms with Gasteiger partial charge in [0.1, 0.15) is 17.6 Å². The molecule has 0 unspecified atom stereocenters. The van der Waals surface area contributed by atoms with Crippen molar-refractivity contribution in [1.82, 2.24) is 45.0 Å². The highest BCUT2D eigenvalue weighted by molar-refractivity contribution is 6.36. The molecule has 2 aliphatic heterocycles. The van der Waals surface area contributed by atoms with E-state index in [1.807, 2.05) is 15.9 Å². The van der Waals surface area contributed by atoms with Crippen molar-refractivity contribution in [3.05, 3.63) is 81.7 Å². The van der Waals surface area contributed by atoms with Crippen molar-refractivity contribution in [3.8, 4) is 5.82 Å². The van der Waals surface area contributed by atoms with Crippen LogP contribution in [0.25, 0.3) is 27.6 Å². The van der Waals surface area contributed by atoms with E-state index in [9.17, 15) is 19.2 Å². The number of pyridine rings is 1. The Kier molecular flexibility index (Phi) is 9.50. The number of fused-ring (bicyclic) bond motifs is 2. The van der Waals surface area contributed by atoms with Crippen molar-refractivity contribution in [1.29, 1.82) is 0 Å². The summed E-state index contributed by atoms with van der Waals surface area (Å²) in [6.07, 6.45) is 14.2. The Hall–Kier alpha value is -5.01. The Bertz CT molecular complexity index is 2410. The summed E-state index contributed by atoms with van der Waals surface area (Å²) in [7, 11) is 0. The van der Waals surface area contributed by atoms with Gasteiger partial charge >= 0.3 is 0 Å². The summed E-state index contributed by atoms with van der Waals surface area (Å²) < 4.78 is 3.31. The molecule has 2 N–H and O–H groups in total. The number of rotatable bonds is 9. The number of carbonyl (C=O) groups is 4. The molecule has 2 atom stereocenters. The lowest BCUT2D eigenvalue weighted by Crippen LogP contribution is -2.49. The highest BCUT2D eigenvalue weighted by Gasteiger charge is 2.46. The highest BCUT2D eigenvalue weighted by atomic mass is 35.5. The topological polar surface area (TPSA) is 147 Å². The summed E-state index contributed by atoms with van der Waals surface area (Å²) in [4.78, 5) is 61.2. The maximum absolute atomic E-state index is 13.6. The molecule has 2 aromatic carbocycles. The molecule has 15 heteroatoms. The van der Waals surface area contributed by atoms with Gasteiger partial charge in [-0.1, -0.05) is 29.3 Å². The number of halogens is 2. The number of nitrogens with zero attached hydrogens (tertiary/aromatic N) is 7. The minimum atomic E-state index is -0.676. The Morgan fingerprint density at radius 2 is 1.28 bits per heavy atom. The second-order valence-electron chi connectivity index (χ2n) is 16.7. The van der Waals surface area contributed by atoms with E-state index in [0.717, 1.165) is 57.4 Å². The van der Waals surface area contributed by atoms with Crippen LogP contribution in [0.1, 0.15) is 91.5 Å². The average Bonchev–Trinajstić information content (AvgIpc) is 4.04. The van der Waals surface area contributed by atoms with Crippen molar-refractivity contribution >= 4 is 68.6 Å². The fraction of sp³-hybridized carbons (Fsp3) is 0.452. The zero-order valence-electron chi connectivity index (χ0n) is 32.1. The number of benzene rings is 2. The molecular formula is C42H45Cl2N9O4. The molecule has 2 saturated carbocycles. The van der Waals surface area contributed by atoms with E-state index in [4.69, 9.17) is 33.4 Å². The van der Waals surface area contributed by atoms with Gasteiger partial charge < -0.3 is 20.4 Å². The predicted molar refractivity (Wildman–Crippen MR) is 217 cm³/mol. The molecule has 57 heavy (non-hydrogen) atoms. The normalized spacial score (nSPS) is 19.2. The maximum atomic E-state index is 13.6. The number of likely N-dealkylation sites (tertiary alicyclic amines) is 2. The average molecular weight is 811 g/mol. The summed E-state index contributed by atoms with van der Waals surface area (Å²) in [5.74, 6) is -0.403. The smallest absolute Gasteiger partial charge is 0.253 e. The van der Waals surface area contributed by atoms with E-state index in [1.165, 1.54) is 31.9 Å². The number of amides is 4.